The van der Waals surface area contributed by atoms with Crippen LogP contribution in [0.25, 0.3) is 0 Å². The predicted molar refractivity (Wildman–Crippen MR) is 90.1 cm³/mol. The molecule has 0 spiro atoms. The van der Waals surface area contributed by atoms with E-state index in [-0.39, 0.29) is 36.8 Å². The van der Waals surface area contributed by atoms with Gasteiger partial charge in [-0.05, 0) is 38.9 Å². The molecule has 1 aliphatic heterocycles. The average Bonchev–Trinajstić information content (AvgIpc) is 2.36. The quantitative estimate of drug-likeness (QED) is 0.810. The van der Waals surface area contributed by atoms with Crippen LogP contribution in [-0.2, 0) is 4.79 Å². The molecule has 6 heteroatoms. The second-order valence-corrected chi connectivity index (χ2v) is 5.65. The lowest BCUT2D eigenvalue weighted by Crippen LogP contribution is -2.52. The lowest BCUT2D eigenvalue weighted by Gasteiger charge is -2.37. The Labute approximate surface area is 136 Å². The number of nitrogens with one attached hydrogen (secondary N) is 1. The van der Waals surface area contributed by atoms with Crippen molar-refractivity contribution in [3.63, 3.8) is 0 Å². The van der Waals surface area contributed by atoms with Crippen molar-refractivity contribution < 1.29 is 4.79 Å². The molecule has 0 saturated carbocycles. The van der Waals surface area contributed by atoms with E-state index < -0.39 is 0 Å². The minimum atomic E-state index is 0. The molecule has 1 rings (SSSR count). The molecule has 1 saturated heterocycles. The van der Waals surface area contributed by atoms with Gasteiger partial charge in [-0.25, -0.2) is 0 Å². The molecule has 1 unspecified atom stereocenters. The number of piperidine rings is 1. The van der Waals surface area contributed by atoms with Gasteiger partial charge in [0.25, 0.3) is 0 Å². The molecule has 4 nitrogen and oxygen atoms in total. The van der Waals surface area contributed by atoms with E-state index in [1.54, 1.807) is 0 Å². The summed E-state index contributed by atoms with van der Waals surface area (Å²) in [5.41, 5.74) is 0. The second kappa shape index (κ2) is 11.6. The van der Waals surface area contributed by atoms with E-state index in [9.17, 15) is 4.79 Å². The molecule has 1 aliphatic rings. The van der Waals surface area contributed by atoms with Crippen molar-refractivity contribution in [1.82, 2.24) is 15.1 Å². The summed E-state index contributed by atoms with van der Waals surface area (Å²) in [6, 6.07) is 0.0622. The maximum Gasteiger partial charge on any atom is 0.239 e. The number of carbonyl (C=O) groups is 1. The Morgan fingerprint density at radius 1 is 1.20 bits per heavy atom. The molecule has 0 aliphatic carbocycles. The Morgan fingerprint density at radius 2 is 1.75 bits per heavy atom. The summed E-state index contributed by atoms with van der Waals surface area (Å²) in [6.07, 6.45) is 3.78. The van der Waals surface area contributed by atoms with Crippen molar-refractivity contribution in [3.05, 3.63) is 0 Å². The molecule has 1 N–H and O–H groups in total. The van der Waals surface area contributed by atoms with Crippen LogP contribution in [0.3, 0.4) is 0 Å². The number of carbonyl (C=O) groups excluding carboxylic acids is 1. The Hall–Kier alpha value is -0.0300. The van der Waals surface area contributed by atoms with Gasteiger partial charge in [-0.15, -0.1) is 24.8 Å². The topological polar surface area (TPSA) is 35.6 Å². The van der Waals surface area contributed by atoms with Crippen LogP contribution in [-0.4, -0.2) is 62.0 Å². The molecule has 0 aromatic heterocycles. The second-order valence-electron chi connectivity index (χ2n) is 5.65. The molecule has 1 atom stereocenters. The minimum Gasteiger partial charge on any atom is -0.343 e. The summed E-state index contributed by atoms with van der Waals surface area (Å²) >= 11 is 0. The zero-order valence-electron chi connectivity index (χ0n) is 13.2. The zero-order chi connectivity index (χ0) is 13.5. The van der Waals surface area contributed by atoms with Crippen LogP contribution >= 0.6 is 24.8 Å². The van der Waals surface area contributed by atoms with Crippen molar-refractivity contribution in [1.29, 1.82) is 0 Å². The molecule has 0 aromatic rings. The third kappa shape index (κ3) is 6.61. The fourth-order valence-electron chi connectivity index (χ4n) is 2.68. The SMILES string of the molecule is CNCCN(C)C(=O)C(C(C)C)N1CCCCC1.Cl.Cl. The first-order valence-electron chi connectivity index (χ1n) is 7.21. The third-order valence-corrected chi connectivity index (χ3v) is 3.74. The monoisotopic (exact) mass is 327 g/mol. The molecule has 0 radical (unpaired) electrons. The Kier molecular flexibility index (Phi) is 12.9. The first-order chi connectivity index (χ1) is 8.57. The molecule has 1 heterocycles. The van der Waals surface area contributed by atoms with Crippen molar-refractivity contribution in [2.45, 2.75) is 39.2 Å². The fraction of sp³-hybridized carbons (Fsp3) is 0.929. The number of halogens is 2. The zero-order valence-corrected chi connectivity index (χ0v) is 14.9. The normalized spacial score (nSPS) is 17.1. The van der Waals surface area contributed by atoms with E-state index >= 15 is 0 Å². The van der Waals surface area contributed by atoms with Crippen molar-refractivity contribution in [2.75, 3.05) is 40.3 Å². The van der Waals surface area contributed by atoms with Crippen LogP contribution in [0.15, 0.2) is 0 Å². The number of rotatable bonds is 6. The van der Waals surface area contributed by atoms with Gasteiger partial charge in [0, 0.05) is 20.1 Å². The molecule has 1 amide bonds. The molecule has 1 fully saturated rings. The van der Waals surface area contributed by atoms with Gasteiger partial charge in [-0.3, -0.25) is 9.69 Å². The molecule has 20 heavy (non-hydrogen) atoms. The summed E-state index contributed by atoms with van der Waals surface area (Å²) in [6.45, 7) is 8.11. The van der Waals surface area contributed by atoms with Crippen LogP contribution in [0, 0.1) is 5.92 Å². The van der Waals surface area contributed by atoms with Crippen LogP contribution in [0.1, 0.15) is 33.1 Å². The van der Waals surface area contributed by atoms with E-state index in [0.717, 1.165) is 26.2 Å². The lowest BCUT2D eigenvalue weighted by atomic mass is 9.98. The Bertz CT molecular complexity index is 259. The highest BCUT2D eigenvalue weighted by Gasteiger charge is 2.31. The van der Waals surface area contributed by atoms with Gasteiger partial charge in [0.15, 0.2) is 0 Å². The first kappa shape index (κ1) is 22.3. The van der Waals surface area contributed by atoms with E-state index in [4.69, 9.17) is 0 Å². The van der Waals surface area contributed by atoms with Gasteiger partial charge in [-0.1, -0.05) is 20.3 Å². The highest BCUT2D eigenvalue weighted by Crippen LogP contribution is 2.19. The van der Waals surface area contributed by atoms with Gasteiger partial charge >= 0.3 is 0 Å². The summed E-state index contributed by atoms with van der Waals surface area (Å²) in [4.78, 5) is 16.8. The smallest absolute Gasteiger partial charge is 0.239 e. The molecular formula is C14H31Cl2N3O. The molecular weight excluding hydrogens is 297 g/mol. The van der Waals surface area contributed by atoms with Gasteiger partial charge < -0.3 is 10.2 Å². The van der Waals surface area contributed by atoms with E-state index in [1.165, 1.54) is 19.3 Å². The van der Waals surface area contributed by atoms with Gasteiger partial charge in [0.2, 0.25) is 5.91 Å². The highest BCUT2D eigenvalue weighted by atomic mass is 35.5. The van der Waals surface area contributed by atoms with E-state index in [0.29, 0.717) is 5.92 Å². The third-order valence-electron chi connectivity index (χ3n) is 3.74. The fourth-order valence-corrected chi connectivity index (χ4v) is 2.68. The number of likely N-dealkylation sites (tertiary alicyclic amines) is 1. The number of hydrogen-bond donors (Lipinski definition) is 1. The standard InChI is InChI=1S/C14H29N3O.2ClH/c1-12(2)13(17-9-6-5-7-10-17)14(18)16(4)11-8-15-3;;/h12-13,15H,5-11H2,1-4H3;2*1H. The maximum absolute atomic E-state index is 12.5. The average molecular weight is 328 g/mol. The summed E-state index contributed by atoms with van der Waals surface area (Å²) in [5, 5.41) is 3.09. The number of likely N-dealkylation sites (N-methyl/N-ethyl adjacent to an activating group) is 2. The van der Waals surface area contributed by atoms with Crippen molar-refractivity contribution in [3.8, 4) is 0 Å². The predicted octanol–water partition coefficient (Wildman–Crippen LogP) is 2.02. The lowest BCUT2D eigenvalue weighted by molar-refractivity contribution is -0.137. The Morgan fingerprint density at radius 3 is 2.20 bits per heavy atom. The molecule has 122 valence electrons. The summed E-state index contributed by atoms with van der Waals surface area (Å²) in [5.74, 6) is 0.662. The van der Waals surface area contributed by atoms with E-state index in [1.807, 2.05) is 19.0 Å². The van der Waals surface area contributed by atoms with Crippen LogP contribution in [0.4, 0.5) is 0 Å². The van der Waals surface area contributed by atoms with Gasteiger partial charge in [0.1, 0.15) is 0 Å². The number of nitrogens with zero attached hydrogens (tertiary/aromatic N) is 2. The van der Waals surface area contributed by atoms with Gasteiger partial charge in [0.05, 0.1) is 6.04 Å². The maximum atomic E-state index is 12.5. The van der Waals surface area contributed by atoms with Crippen LogP contribution in [0.2, 0.25) is 0 Å². The van der Waals surface area contributed by atoms with Gasteiger partial charge in [-0.2, -0.15) is 0 Å². The number of amides is 1. The largest absolute Gasteiger partial charge is 0.343 e. The molecule has 0 aromatic carbocycles. The summed E-state index contributed by atoms with van der Waals surface area (Å²) < 4.78 is 0. The highest BCUT2D eigenvalue weighted by molar-refractivity contribution is 5.85. The molecule has 0 bridgehead atoms. The van der Waals surface area contributed by atoms with Crippen LogP contribution in [0.5, 0.6) is 0 Å². The van der Waals surface area contributed by atoms with Crippen molar-refractivity contribution >= 4 is 30.7 Å². The Balaban J connectivity index is 0. The van der Waals surface area contributed by atoms with Crippen LogP contribution < -0.4 is 5.32 Å². The summed E-state index contributed by atoms with van der Waals surface area (Å²) in [7, 11) is 3.84. The first-order valence-corrected chi connectivity index (χ1v) is 7.21. The van der Waals surface area contributed by atoms with E-state index in [2.05, 4.69) is 24.1 Å². The number of hydrogen-bond acceptors (Lipinski definition) is 3. The minimum absolute atomic E-state index is 0. The van der Waals surface area contributed by atoms with Crippen molar-refractivity contribution in [2.24, 2.45) is 5.92 Å².